The Kier molecular flexibility index (Phi) is 4.53. The number of nitriles is 1. The average molecular weight is 406 g/mol. The highest BCUT2D eigenvalue weighted by molar-refractivity contribution is 7.89. The molecule has 0 aliphatic heterocycles. The van der Waals surface area contributed by atoms with Crippen LogP contribution in [0, 0.1) is 18.3 Å². The number of rotatable bonds is 5. The number of sulfonamides is 1. The molecule has 0 radical (unpaired) electrons. The number of hydrogen-bond donors (Lipinski definition) is 1. The van der Waals surface area contributed by atoms with Crippen LogP contribution >= 0.6 is 0 Å². The normalized spacial score (nSPS) is 13.4. The Labute approximate surface area is 168 Å². The molecule has 29 heavy (non-hydrogen) atoms. The van der Waals surface area contributed by atoms with Gasteiger partial charge < -0.3 is 0 Å². The van der Waals surface area contributed by atoms with Crippen molar-refractivity contribution >= 4 is 26.8 Å². The second-order valence-electron chi connectivity index (χ2n) is 7.02. The Hall–Kier alpha value is -3.35. The number of aromatic nitrogens is 4. The Morgan fingerprint density at radius 1 is 1.17 bits per heavy atom. The van der Waals surface area contributed by atoms with Crippen molar-refractivity contribution in [3.8, 4) is 17.6 Å². The molecule has 0 bridgehead atoms. The van der Waals surface area contributed by atoms with Gasteiger partial charge in [-0.05, 0) is 44.6 Å². The Balaban J connectivity index is 1.91. The van der Waals surface area contributed by atoms with Gasteiger partial charge in [0.25, 0.3) is 0 Å². The van der Waals surface area contributed by atoms with E-state index < -0.39 is 10.0 Å². The molecule has 4 rings (SSSR count). The van der Waals surface area contributed by atoms with Gasteiger partial charge in [-0.25, -0.2) is 28.1 Å². The molecule has 1 aliphatic carbocycles. The van der Waals surface area contributed by atoms with Gasteiger partial charge in [0.05, 0.1) is 18.0 Å². The van der Waals surface area contributed by atoms with Crippen molar-refractivity contribution in [2.75, 3.05) is 0 Å². The number of allylic oxidation sites excluding steroid dienone is 4. The summed E-state index contributed by atoms with van der Waals surface area (Å²) in [5.41, 5.74) is 3.28. The lowest BCUT2D eigenvalue weighted by Gasteiger charge is -2.14. The first-order chi connectivity index (χ1) is 13.8. The van der Waals surface area contributed by atoms with E-state index in [1.54, 1.807) is 20.0 Å². The fraction of sp³-hybridized carbons (Fsp3) is 0.200. The van der Waals surface area contributed by atoms with Gasteiger partial charge in [-0.2, -0.15) is 5.26 Å². The Bertz CT molecular complexity index is 1330. The zero-order valence-corrected chi connectivity index (χ0v) is 16.9. The summed E-state index contributed by atoms with van der Waals surface area (Å²) in [6.45, 7) is 5.38. The maximum absolute atomic E-state index is 12.3. The molecular formula is C20H18N6O2S. The lowest BCUT2D eigenvalue weighted by Crippen LogP contribution is -2.30. The van der Waals surface area contributed by atoms with Crippen LogP contribution in [0.1, 0.15) is 25.0 Å². The number of aryl methyl sites for hydroxylation is 1. The molecule has 3 heterocycles. The number of nitrogens with one attached hydrogen (secondary N) is 1. The summed E-state index contributed by atoms with van der Waals surface area (Å²) in [5.74, 6) is 0.252. The molecule has 1 N–H and O–H groups in total. The lowest BCUT2D eigenvalue weighted by molar-refractivity contribution is 0.569. The molecule has 0 amide bonds. The molecule has 0 atom stereocenters. The molecule has 3 aromatic heterocycles. The molecular weight excluding hydrogens is 388 g/mol. The SMILES string of the molecule is Cc1cnc2c(c1)c(C#N)c(-c1ncc(S(=O)(=O)NC(C)C)cn1)n2C1=CC=C1. The molecule has 0 spiro atoms. The minimum Gasteiger partial charge on any atom is -0.290 e. The summed E-state index contributed by atoms with van der Waals surface area (Å²) < 4.78 is 29.0. The highest BCUT2D eigenvalue weighted by Gasteiger charge is 2.25. The van der Waals surface area contributed by atoms with Gasteiger partial charge in [-0.3, -0.25) is 4.57 Å². The van der Waals surface area contributed by atoms with E-state index >= 15 is 0 Å². The maximum Gasteiger partial charge on any atom is 0.243 e. The number of fused-ring (bicyclic) bond motifs is 1. The summed E-state index contributed by atoms with van der Waals surface area (Å²) in [4.78, 5) is 13.0. The van der Waals surface area contributed by atoms with Gasteiger partial charge in [0.1, 0.15) is 22.3 Å². The van der Waals surface area contributed by atoms with Gasteiger partial charge in [0, 0.05) is 23.3 Å². The van der Waals surface area contributed by atoms with E-state index in [1.165, 1.54) is 12.4 Å². The third-order valence-electron chi connectivity index (χ3n) is 4.39. The van der Waals surface area contributed by atoms with Crippen molar-refractivity contribution in [1.82, 2.24) is 24.2 Å². The van der Waals surface area contributed by atoms with E-state index in [0.29, 0.717) is 22.3 Å². The van der Waals surface area contributed by atoms with Crippen LogP contribution in [-0.2, 0) is 10.0 Å². The second kappa shape index (κ2) is 6.92. The monoisotopic (exact) mass is 406 g/mol. The third-order valence-corrected chi connectivity index (χ3v) is 6.00. The lowest BCUT2D eigenvalue weighted by atomic mass is 10.1. The standard InChI is InChI=1S/C20H18N6O2S/c1-12(2)25-29(27,28)15-10-22-19(23-11-15)18-17(8-21)16-7-13(3)9-24-20(16)26(18)14-5-4-6-14/h4-7,9-12,25H,1-3H3. The summed E-state index contributed by atoms with van der Waals surface area (Å²) in [6, 6.07) is 3.88. The molecule has 1 aliphatic rings. The van der Waals surface area contributed by atoms with Crippen molar-refractivity contribution in [3.63, 3.8) is 0 Å². The predicted octanol–water partition coefficient (Wildman–Crippen LogP) is 2.77. The van der Waals surface area contributed by atoms with Gasteiger partial charge in [0.15, 0.2) is 5.82 Å². The Morgan fingerprint density at radius 2 is 1.86 bits per heavy atom. The molecule has 9 heteroatoms. The van der Waals surface area contributed by atoms with Crippen LogP contribution in [0.5, 0.6) is 0 Å². The van der Waals surface area contributed by atoms with E-state index in [1.807, 2.05) is 35.8 Å². The molecule has 146 valence electrons. The van der Waals surface area contributed by atoms with Crippen molar-refractivity contribution in [2.45, 2.75) is 31.7 Å². The van der Waals surface area contributed by atoms with Crippen LogP contribution in [0.25, 0.3) is 28.2 Å². The summed E-state index contributed by atoms with van der Waals surface area (Å²) in [5, 5.41) is 10.5. The summed E-state index contributed by atoms with van der Waals surface area (Å²) >= 11 is 0. The van der Waals surface area contributed by atoms with E-state index in [9.17, 15) is 13.7 Å². The van der Waals surface area contributed by atoms with E-state index in [0.717, 1.165) is 11.3 Å². The first-order valence-electron chi connectivity index (χ1n) is 8.96. The maximum atomic E-state index is 12.3. The van der Waals surface area contributed by atoms with Crippen molar-refractivity contribution in [3.05, 3.63) is 54.0 Å². The van der Waals surface area contributed by atoms with Crippen LogP contribution < -0.4 is 4.72 Å². The molecule has 0 aromatic carbocycles. The fourth-order valence-corrected chi connectivity index (χ4v) is 4.27. The minimum atomic E-state index is -3.71. The molecule has 0 saturated carbocycles. The van der Waals surface area contributed by atoms with Crippen LogP contribution in [0.2, 0.25) is 0 Å². The molecule has 0 saturated heterocycles. The zero-order chi connectivity index (χ0) is 20.8. The Morgan fingerprint density at radius 3 is 2.41 bits per heavy atom. The zero-order valence-electron chi connectivity index (χ0n) is 16.1. The van der Waals surface area contributed by atoms with Crippen LogP contribution in [0.4, 0.5) is 0 Å². The highest BCUT2D eigenvalue weighted by Crippen LogP contribution is 2.35. The molecule has 0 fully saturated rings. The molecule has 3 aromatic rings. The molecule has 8 nitrogen and oxygen atoms in total. The van der Waals surface area contributed by atoms with Gasteiger partial charge in [0.2, 0.25) is 10.0 Å². The predicted molar refractivity (Wildman–Crippen MR) is 109 cm³/mol. The largest absolute Gasteiger partial charge is 0.290 e. The van der Waals surface area contributed by atoms with Crippen LogP contribution in [-0.4, -0.2) is 34.0 Å². The second-order valence-corrected chi connectivity index (χ2v) is 8.74. The topological polar surface area (TPSA) is 114 Å². The first-order valence-corrected chi connectivity index (χ1v) is 10.4. The average Bonchev–Trinajstić information content (AvgIpc) is 2.92. The van der Waals surface area contributed by atoms with E-state index in [-0.39, 0.29) is 16.8 Å². The van der Waals surface area contributed by atoms with Crippen molar-refractivity contribution in [2.24, 2.45) is 0 Å². The highest BCUT2D eigenvalue weighted by atomic mass is 32.2. The van der Waals surface area contributed by atoms with Gasteiger partial charge in [-0.1, -0.05) is 6.08 Å². The smallest absolute Gasteiger partial charge is 0.243 e. The van der Waals surface area contributed by atoms with Crippen LogP contribution in [0.3, 0.4) is 0 Å². The number of pyridine rings is 1. The van der Waals surface area contributed by atoms with Crippen LogP contribution in [0.15, 0.2) is 47.8 Å². The van der Waals surface area contributed by atoms with E-state index in [2.05, 4.69) is 25.7 Å². The van der Waals surface area contributed by atoms with Gasteiger partial charge >= 0.3 is 0 Å². The molecule has 0 unspecified atom stereocenters. The number of nitrogens with zero attached hydrogens (tertiary/aromatic N) is 5. The van der Waals surface area contributed by atoms with Gasteiger partial charge in [-0.15, -0.1) is 0 Å². The quantitative estimate of drug-likeness (QED) is 0.697. The summed E-state index contributed by atoms with van der Waals surface area (Å²) in [7, 11) is -3.71. The first kappa shape index (κ1) is 19.0. The van der Waals surface area contributed by atoms with Crippen molar-refractivity contribution < 1.29 is 8.42 Å². The van der Waals surface area contributed by atoms with E-state index in [4.69, 9.17) is 0 Å². The summed E-state index contributed by atoms with van der Waals surface area (Å²) in [6.07, 6.45) is 9.92. The van der Waals surface area contributed by atoms with Crippen molar-refractivity contribution in [1.29, 1.82) is 5.26 Å². The minimum absolute atomic E-state index is 0.0344. The fourth-order valence-electron chi connectivity index (χ4n) is 3.13. The number of hydrogen-bond acceptors (Lipinski definition) is 6. The third kappa shape index (κ3) is 3.22.